The van der Waals surface area contributed by atoms with Gasteiger partial charge >= 0.3 is 15.6 Å². The Hall–Kier alpha value is -2.35. The molecule has 3 rings (SSSR count). The van der Waals surface area contributed by atoms with Crippen molar-refractivity contribution >= 4 is 31.7 Å². The summed E-state index contributed by atoms with van der Waals surface area (Å²) >= 11 is 0. The van der Waals surface area contributed by atoms with E-state index in [9.17, 15) is 21.6 Å². The highest BCUT2D eigenvalue weighted by Crippen LogP contribution is 2.29. The van der Waals surface area contributed by atoms with Crippen LogP contribution < -0.4 is 4.18 Å². The molecule has 0 aliphatic heterocycles. The Kier molecular flexibility index (Phi) is 3.21. The summed E-state index contributed by atoms with van der Waals surface area (Å²) in [5, 5.41) is 3.02. The third-order valence-electron chi connectivity index (χ3n) is 3.08. The van der Waals surface area contributed by atoms with Gasteiger partial charge in [0.2, 0.25) is 5.88 Å². The van der Waals surface area contributed by atoms with Crippen molar-refractivity contribution in [1.82, 2.24) is 4.98 Å². The van der Waals surface area contributed by atoms with Crippen LogP contribution in [0.3, 0.4) is 0 Å². The molecule has 3 aromatic rings. The maximum atomic E-state index is 12.3. The molecule has 0 aliphatic carbocycles. The highest BCUT2D eigenvalue weighted by molar-refractivity contribution is 7.87. The third-order valence-corrected chi connectivity index (χ3v) is 4.04. The van der Waals surface area contributed by atoms with Crippen molar-refractivity contribution in [1.29, 1.82) is 0 Å². The minimum atomic E-state index is -5.72. The molecule has 0 radical (unpaired) electrons. The Morgan fingerprint density at radius 2 is 1.64 bits per heavy atom. The number of benzene rings is 2. The molecule has 2 aromatic carbocycles. The summed E-state index contributed by atoms with van der Waals surface area (Å²) in [7, 11) is -5.72. The zero-order valence-electron chi connectivity index (χ0n) is 10.8. The van der Waals surface area contributed by atoms with Crippen LogP contribution in [0.25, 0.3) is 21.5 Å². The van der Waals surface area contributed by atoms with Gasteiger partial charge in [-0.25, -0.2) is 4.98 Å². The summed E-state index contributed by atoms with van der Waals surface area (Å²) in [6.45, 7) is 0. The quantitative estimate of drug-likeness (QED) is 0.410. The van der Waals surface area contributed by atoms with E-state index in [4.69, 9.17) is 0 Å². The molecule has 0 aliphatic rings. The summed E-state index contributed by atoms with van der Waals surface area (Å²) in [6.07, 6.45) is 1.29. The molecule has 0 N–H and O–H groups in total. The fourth-order valence-electron chi connectivity index (χ4n) is 2.09. The zero-order chi connectivity index (χ0) is 16.0. The number of fused-ring (bicyclic) bond motifs is 3. The summed E-state index contributed by atoms with van der Waals surface area (Å²) in [6, 6.07) is 12.0. The number of alkyl halides is 3. The normalized spacial score (nSPS) is 12.7. The van der Waals surface area contributed by atoms with E-state index in [2.05, 4.69) is 9.17 Å². The lowest BCUT2D eigenvalue weighted by molar-refractivity contribution is -0.0501. The van der Waals surface area contributed by atoms with Gasteiger partial charge in [0.1, 0.15) is 0 Å². The maximum absolute atomic E-state index is 12.3. The second-order valence-corrected chi connectivity index (χ2v) is 6.05. The van der Waals surface area contributed by atoms with Gasteiger partial charge in [-0.15, -0.1) is 0 Å². The molecule has 4 nitrogen and oxygen atoms in total. The first-order valence-corrected chi connectivity index (χ1v) is 7.47. The Labute approximate surface area is 123 Å². The van der Waals surface area contributed by atoms with Crippen molar-refractivity contribution in [3.8, 4) is 5.88 Å². The molecule has 0 saturated carbocycles. The van der Waals surface area contributed by atoms with Crippen LogP contribution in [0.1, 0.15) is 0 Å². The molecular formula is C14H8F3NO3S. The van der Waals surface area contributed by atoms with Crippen molar-refractivity contribution in [3.63, 3.8) is 0 Å². The number of rotatable bonds is 2. The maximum Gasteiger partial charge on any atom is 0.534 e. The van der Waals surface area contributed by atoms with Gasteiger partial charge in [0.25, 0.3) is 0 Å². The van der Waals surface area contributed by atoms with E-state index < -0.39 is 21.5 Å². The fourth-order valence-corrected chi connectivity index (χ4v) is 2.50. The van der Waals surface area contributed by atoms with Crippen LogP contribution in [0.4, 0.5) is 13.2 Å². The van der Waals surface area contributed by atoms with E-state index in [1.807, 2.05) is 24.3 Å². The number of hydrogen-bond donors (Lipinski definition) is 0. The molecule has 22 heavy (non-hydrogen) atoms. The van der Waals surface area contributed by atoms with Gasteiger partial charge in [-0.3, -0.25) is 0 Å². The van der Waals surface area contributed by atoms with Gasteiger partial charge < -0.3 is 4.18 Å². The van der Waals surface area contributed by atoms with Crippen molar-refractivity contribution in [2.45, 2.75) is 5.51 Å². The van der Waals surface area contributed by atoms with Crippen LogP contribution in [-0.2, 0) is 10.1 Å². The predicted octanol–water partition coefficient (Wildman–Crippen LogP) is 3.62. The van der Waals surface area contributed by atoms with Crippen molar-refractivity contribution < 1.29 is 25.8 Å². The van der Waals surface area contributed by atoms with Crippen LogP contribution in [0.5, 0.6) is 5.88 Å². The summed E-state index contributed by atoms with van der Waals surface area (Å²) in [4.78, 5) is 3.65. The highest BCUT2D eigenvalue weighted by atomic mass is 32.2. The lowest BCUT2D eigenvalue weighted by Gasteiger charge is -2.09. The summed E-state index contributed by atoms with van der Waals surface area (Å²) < 4.78 is 62.9. The standard InChI is InChI=1S/C14H8F3NO3S/c15-14(16,17)22(19,20)21-13-7-10-6-5-9-3-1-2-4-11(9)12(10)8-18-13/h1-8H. The lowest BCUT2D eigenvalue weighted by Crippen LogP contribution is -2.28. The van der Waals surface area contributed by atoms with Gasteiger partial charge in [0.15, 0.2) is 0 Å². The van der Waals surface area contributed by atoms with Gasteiger partial charge in [-0.1, -0.05) is 36.4 Å². The molecule has 0 saturated heterocycles. The molecule has 0 bridgehead atoms. The third kappa shape index (κ3) is 2.45. The van der Waals surface area contributed by atoms with Gasteiger partial charge in [0, 0.05) is 17.6 Å². The van der Waals surface area contributed by atoms with E-state index in [-0.39, 0.29) is 0 Å². The number of aromatic nitrogens is 1. The largest absolute Gasteiger partial charge is 0.534 e. The van der Waals surface area contributed by atoms with Crippen LogP contribution in [0, 0.1) is 0 Å². The Balaban J connectivity index is 2.10. The van der Waals surface area contributed by atoms with E-state index >= 15 is 0 Å². The molecule has 0 unspecified atom stereocenters. The number of pyridine rings is 1. The molecule has 8 heteroatoms. The minimum absolute atomic E-state index is 0.529. The Bertz CT molecular complexity index is 968. The average molecular weight is 327 g/mol. The molecule has 114 valence electrons. The fraction of sp³-hybridized carbons (Fsp3) is 0.0714. The SMILES string of the molecule is O=S(=O)(Oc1cc2ccc3ccccc3c2cn1)C(F)(F)F. The molecule has 0 atom stereocenters. The van der Waals surface area contributed by atoms with Crippen LogP contribution in [0.15, 0.2) is 48.7 Å². The van der Waals surface area contributed by atoms with Crippen molar-refractivity contribution in [2.24, 2.45) is 0 Å². The second kappa shape index (κ2) is 4.84. The van der Waals surface area contributed by atoms with Gasteiger partial charge in [0.05, 0.1) is 0 Å². The van der Waals surface area contributed by atoms with Crippen LogP contribution >= 0.6 is 0 Å². The topological polar surface area (TPSA) is 56.3 Å². The minimum Gasteiger partial charge on any atom is -0.355 e. The van der Waals surface area contributed by atoms with Gasteiger partial charge in [-0.05, 0) is 16.2 Å². The van der Waals surface area contributed by atoms with E-state index in [0.717, 1.165) is 16.8 Å². The number of nitrogens with zero attached hydrogens (tertiary/aromatic N) is 1. The molecule has 1 heterocycles. The van der Waals surface area contributed by atoms with E-state index in [0.29, 0.717) is 10.8 Å². The monoisotopic (exact) mass is 327 g/mol. The first-order chi connectivity index (χ1) is 10.3. The molecule has 1 aromatic heterocycles. The Morgan fingerprint density at radius 1 is 0.955 bits per heavy atom. The number of hydrogen-bond acceptors (Lipinski definition) is 4. The van der Waals surface area contributed by atoms with E-state index in [1.165, 1.54) is 6.20 Å². The highest BCUT2D eigenvalue weighted by Gasteiger charge is 2.48. The van der Waals surface area contributed by atoms with E-state index in [1.54, 1.807) is 12.1 Å². The molecular weight excluding hydrogens is 319 g/mol. The van der Waals surface area contributed by atoms with Crippen LogP contribution in [0.2, 0.25) is 0 Å². The second-order valence-electron chi connectivity index (χ2n) is 4.51. The van der Waals surface area contributed by atoms with Crippen molar-refractivity contribution in [3.05, 3.63) is 48.7 Å². The van der Waals surface area contributed by atoms with Crippen LogP contribution in [-0.4, -0.2) is 18.9 Å². The predicted molar refractivity (Wildman–Crippen MR) is 74.9 cm³/mol. The van der Waals surface area contributed by atoms with Gasteiger partial charge in [-0.2, -0.15) is 21.6 Å². The average Bonchev–Trinajstić information content (AvgIpc) is 2.45. The molecule has 0 spiro atoms. The lowest BCUT2D eigenvalue weighted by atomic mass is 10.0. The first kappa shape index (κ1) is 14.6. The molecule has 0 amide bonds. The Morgan fingerprint density at radius 3 is 2.36 bits per heavy atom. The summed E-state index contributed by atoms with van der Waals surface area (Å²) in [5.74, 6) is -0.625. The van der Waals surface area contributed by atoms with Crippen molar-refractivity contribution in [2.75, 3.05) is 0 Å². The smallest absolute Gasteiger partial charge is 0.355 e. The number of halogens is 3. The summed E-state index contributed by atoms with van der Waals surface area (Å²) in [5.41, 5.74) is -5.49. The zero-order valence-corrected chi connectivity index (χ0v) is 11.6. The molecule has 0 fully saturated rings. The first-order valence-electron chi connectivity index (χ1n) is 6.06.